The summed E-state index contributed by atoms with van der Waals surface area (Å²) in [6.07, 6.45) is -5.30. The van der Waals surface area contributed by atoms with Crippen molar-refractivity contribution >= 4 is 34.5 Å². The molecular weight excluding hydrogens is 694 g/mol. The number of aliphatic hydroxyl groups excluding tert-OH is 3. The zero-order valence-electron chi connectivity index (χ0n) is 27.9. The smallest absolute Gasteiger partial charge is 0.335 e. The van der Waals surface area contributed by atoms with Crippen LogP contribution in [0.15, 0.2) is 68.8 Å². The lowest BCUT2D eigenvalue weighted by Gasteiger charge is -2.45. The number of benzene rings is 3. The molecule has 1 aliphatic heterocycles. The number of rotatable bonds is 7. The van der Waals surface area contributed by atoms with Crippen molar-refractivity contribution in [3.8, 4) is 34.3 Å². The molecule has 16 heteroatoms. The largest absolute Gasteiger partial charge is 0.508 e. The fraction of sp³-hybridized carbons (Fsp3) is 0.324. The molecule has 8 atom stereocenters. The van der Waals surface area contributed by atoms with Gasteiger partial charge in [0.05, 0.1) is 12.6 Å². The number of carbonyl (C=O) groups is 1. The maximum absolute atomic E-state index is 13.6. The Balaban J connectivity index is 1.33. The highest BCUT2D eigenvalue weighted by atomic mass is 16.7. The summed E-state index contributed by atoms with van der Waals surface area (Å²) in [4.78, 5) is 29.1. The fourth-order valence-corrected chi connectivity index (χ4v) is 7.71. The van der Waals surface area contributed by atoms with Gasteiger partial charge in [-0.3, -0.25) is 9.79 Å². The van der Waals surface area contributed by atoms with E-state index >= 15 is 0 Å². The van der Waals surface area contributed by atoms with Gasteiger partial charge in [-0.05, 0) is 59.2 Å². The van der Waals surface area contributed by atoms with Gasteiger partial charge in [0.1, 0.15) is 40.3 Å². The van der Waals surface area contributed by atoms with Crippen LogP contribution in [-0.4, -0.2) is 95.6 Å². The molecule has 0 radical (unpaired) electrons. The standard InChI is InChI=1S/C37H37N3O13/c38-36(39)40-14-37(50)32(46)31(34(48)49)53-35(33(37)47)52-26-13-25-28(30(45)29(26)44)23(43)12-24(51-25)18-9-8-16(41)11-20(18)21-10-15-4-1-2-5-17(15)19-6-3-7-22(42)27(19)21/h1-2,4-5,8-13,19,22,27,31-33,35,41-42,44-47,50H,3,6-7,14H2,(H,48,49)(H4,38,39,40)/t19-,22+,27+,31+,32-,33+,35+,37+/m1/s1. The summed E-state index contributed by atoms with van der Waals surface area (Å²) in [5.41, 5.74) is 10.4. The number of aliphatic hydroxyl groups is 4. The van der Waals surface area contributed by atoms with E-state index in [1.54, 1.807) is 6.07 Å². The van der Waals surface area contributed by atoms with Gasteiger partial charge >= 0.3 is 5.97 Å². The van der Waals surface area contributed by atoms with Crippen molar-refractivity contribution in [1.29, 1.82) is 0 Å². The highest BCUT2D eigenvalue weighted by Crippen LogP contribution is 2.52. The summed E-state index contributed by atoms with van der Waals surface area (Å²) in [6, 6.07) is 14.4. The number of phenolic OH excluding ortho intramolecular Hbond substituents is 3. The van der Waals surface area contributed by atoms with Gasteiger partial charge in [0.2, 0.25) is 12.0 Å². The average molecular weight is 732 g/mol. The van der Waals surface area contributed by atoms with Crippen LogP contribution in [0, 0.1) is 5.92 Å². The molecule has 4 aromatic rings. The predicted molar refractivity (Wildman–Crippen MR) is 188 cm³/mol. The van der Waals surface area contributed by atoms with E-state index in [4.69, 9.17) is 25.4 Å². The SMILES string of the molecule is NC(N)=NC[C@]1(O)[C@H](O)[C@@H](C(=O)O)O[C@H](Oc2cc3oc(-c4ccc(O)cc4C4=Cc5ccccc5[C@H]5CCC[C@H](O)[C@H]45)cc(=O)c3c(O)c2O)[C@@H]1O. The molecule has 3 aliphatic rings. The summed E-state index contributed by atoms with van der Waals surface area (Å²) in [6.45, 7) is -0.881. The first-order valence-electron chi connectivity index (χ1n) is 16.7. The quantitative estimate of drug-likeness (QED) is 0.0728. The summed E-state index contributed by atoms with van der Waals surface area (Å²) in [5.74, 6) is -5.43. The molecule has 1 aromatic heterocycles. The lowest BCUT2D eigenvalue weighted by molar-refractivity contribution is -0.303. The van der Waals surface area contributed by atoms with E-state index in [1.807, 2.05) is 30.3 Å². The molecule has 1 saturated carbocycles. The number of fused-ring (bicyclic) bond motifs is 4. The molecule has 0 bridgehead atoms. The van der Waals surface area contributed by atoms with Crippen molar-refractivity contribution in [2.24, 2.45) is 22.4 Å². The summed E-state index contributed by atoms with van der Waals surface area (Å²) in [5, 5.41) is 85.8. The molecule has 278 valence electrons. The number of aliphatic carboxylic acids is 1. The van der Waals surface area contributed by atoms with Gasteiger partial charge in [-0.1, -0.05) is 36.8 Å². The number of carboxylic acid groups (broad SMARTS) is 1. The van der Waals surface area contributed by atoms with E-state index in [9.17, 15) is 50.4 Å². The Hall–Kier alpha value is -5.65. The lowest BCUT2D eigenvalue weighted by Crippen LogP contribution is -2.70. The number of guanidine groups is 1. The third-order valence-electron chi connectivity index (χ3n) is 10.3. The van der Waals surface area contributed by atoms with Crippen LogP contribution in [0.25, 0.3) is 33.9 Å². The van der Waals surface area contributed by atoms with Crippen molar-refractivity contribution in [3.63, 3.8) is 0 Å². The van der Waals surface area contributed by atoms with Crippen LogP contribution >= 0.6 is 0 Å². The van der Waals surface area contributed by atoms with Gasteiger partial charge < -0.3 is 66.2 Å². The molecule has 7 rings (SSSR count). The number of ether oxygens (including phenoxy) is 2. The highest BCUT2D eigenvalue weighted by molar-refractivity contribution is 5.94. The number of carboxylic acids is 1. The average Bonchev–Trinajstić information content (AvgIpc) is 3.12. The molecule has 2 fully saturated rings. The number of phenols is 3. The number of hydrogen-bond donors (Lipinski definition) is 10. The number of nitrogens with two attached hydrogens (primary N) is 2. The van der Waals surface area contributed by atoms with Crippen molar-refractivity contribution < 1.29 is 59.5 Å². The molecule has 2 heterocycles. The second-order valence-corrected chi connectivity index (χ2v) is 13.5. The van der Waals surface area contributed by atoms with Crippen LogP contribution in [0.1, 0.15) is 41.9 Å². The van der Waals surface area contributed by atoms with Crippen LogP contribution in [0.2, 0.25) is 0 Å². The van der Waals surface area contributed by atoms with Gasteiger partial charge in [0.15, 0.2) is 29.0 Å². The third-order valence-corrected chi connectivity index (χ3v) is 10.3. The fourth-order valence-electron chi connectivity index (χ4n) is 7.71. The van der Waals surface area contributed by atoms with E-state index in [0.29, 0.717) is 17.5 Å². The van der Waals surface area contributed by atoms with Gasteiger partial charge in [-0.2, -0.15) is 0 Å². The Morgan fingerprint density at radius 2 is 1.72 bits per heavy atom. The van der Waals surface area contributed by atoms with Crippen LogP contribution in [0.5, 0.6) is 23.0 Å². The van der Waals surface area contributed by atoms with E-state index < -0.39 is 82.8 Å². The minimum Gasteiger partial charge on any atom is -0.508 e. The summed E-state index contributed by atoms with van der Waals surface area (Å²) >= 11 is 0. The van der Waals surface area contributed by atoms with Crippen molar-refractivity contribution in [3.05, 3.63) is 81.5 Å². The van der Waals surface area contributed by atoms with Crippen LogP contribution in [-0.2, 0) is 9.53 Å². The lowest BCUT2D eigenvalue weighted by atomic mass is 9.64. The van der Waals surface area contributed by atoms with Gasteiger partial charge in [-0.25, -0.2) is 4.79 Å². The van der Waals surface area contributed by atoms with Gasteiger partial charge in [0, 0.05) is 23.6 Å². The Kier molecular flexibility index (Phi) is 9.03. The number of aliphatic imine (C=N–C) groups is 1. The van der Waals surface area contributed by atoms with Gasteiger partial charge in [0.25, 0.3) is 0 Å². The Labute approximate surface area is 300 Å². The maximum Gasteiger partial charge on any atom is 0.335 e. The van der Waals surface area contributed by atoms with E-state index in [1.165, 1.54) is 12.1 Å². The molecule has 2 aliphatic carbocycles. The van der Waals surface area contributed by atoms with Crippen LogP contribution in [0.4, 0.5) is 0 Å². The Morgan fingerprint density at radius 3 is 2.45 bits per heavy atom. The van der Waals surface area contributed by atoms with E-state index in [-0.39, 0.29) is 28.9 Å². The molecule has 0 unspecified atom stereocenters. The summed E-state index contributed by atoms with van der Waals surface area (Å²) < 4.78 is 17.0. The molecule has 16 nitrogen and oxygen atoms in total. The second kappa shape index (κ2) is 13.4. The predicted octanol–water partition coefficient (Wildman–Crippen LogP) is 1.29. The molecule has 3 aromatic carbocycles. The Bertz CT molecular complexity index is 2230. The van der Waals surface area contributed by atoms with Crippen LogP contribution < -0.4 is 21.6 Å². The first-order chi connectivity index (χ1) is 25.2. The van der Waals surface area contributed by atoms with E-state index in [2.05, 4.69) is 4.99 Å². The molecular formula is C37H37N3O13. The first kappa shape index (κ1) is 35.7. The molecule has 0 spiro atoms. The van der Waals surface area contributed by atoms with Crippen molar-refractivity contribution in [2.45, 2.75) is 61.5 Å². The minimum absolute atomic E-state index is 0.00953. The Morgan fingerprint density at radius 1 is 0.962 bits per heavy atom. The summed E-state index contributed by atoms with van der Waals surface area (Å²) in [7, 11) is 0. The molecule has 53 heavy (non-hydrogen) atoms. The van der Waals surface area contributed by atoms with Crippen molar-refractivity contribution in [1.82, 2.24) is 0 Å². The van der Waals surface area contributed by atoms with Crippen molar-refractivity contribution in [2.75, 3.05) is 6.54 Å². The maximum atomic E-state index is 13.6. The number of aromatic hydroxyl groups is 3. The number of nitrogens with zero attached hydrogens (tertiary/aromatic N) is 1. The monoisotopic (exact) mass is 731 g/mol. The van der Waals surface area contributed by atoms with Gasteiger partial charge in [-0.15, -0.1) is 0 Å². The zero-order chi connectivity index (χ0) is 37.9. The highest BCUT2D eigenvalue weighted by Gasteiger charge is 2.58. The van der Waals surface area contributed by atoms with Crippen LogP contribution in [0.3, 0.4) is 0 Å². The normalized spacial score (nSPS) is 28.0. The third kappa shape index (κ3) is 6.09. The minimum atomic E-state index is -2.74. The second-order valence-electron chi connectivity index (χ2n) is 13.5. The zero-order valence-corrected chi connectivity index (χ0v) is 27.9. The molecule has 0 amide bonds. The van der Waals surface area contributed by atoms with E-state index in [0.717, 1.165) is 41.7 Å². The molecule has 12 N–H and O–H groups in total. The molecule has 1 saturated heterocycles. The first-order valence-corrected chi connectivity index (χ1v) is 16.7. The topological polar surface area (TPSA) is 292 Å². The number of hydrogen-bond acceptors (Lipinski definition) is 13.